The van der Waals surface area contributed by atoms with Gasteiger partial charge in [0.15, 0.2) is 10.9 Å². The van der Waals surface area contributed by atoms with E-state index in [9.17, 15) is 4.79 Å². The Morgan fingerprint density at radius 3 is 2.70 bits per heavy atom. The van der Waals surface area contributed by atoms with E-state index in [4.69, 9.17) is 12.2 Å². The Labute approximate surface area is 164 Å². The van der Waals surface area contributed by atoms with Gasteiger partial charge in [-0.05, 0) is 43.4 Å². The summed E-state index contributed by atoms with van der Waals surface area (Å²) in [6.07, 6.45) is 0. The lowest BCUT2D eigenvalue weighted by atomic mass is 10.2. The third-order valence-electron chi connectivity index (χ3n) is 3.78. The number of amides is 1. The number of fused-ring (bicyclic) bond motifs is 1. The van der Waals surface area contributed by atoms with Crippen molar-refractivity contribution < 1.29 is 4.79 Å². The highest BCUT2D eigenvalue weighted by Crippen LogP contribution is 2.27. The number of carbonyl (C=O) groups excluding carboxylic acids is 1. The molecule has 4 aromatic rings. The maximum Gasteiger partial charge on any atom is 0.257 e. The van der Waals surface area contributed by atoms with Gasteiger partial charge in [0.05, 0.1) is 0 Å². The van der Waals surface area contributed by atoms with Crippen LogP contribution in [0, 0.1) is 6.92 Å². The number of nitrogens with zero attached hydrogens (tertiary/aromatic N) is 4. The molecule has 27 heavy (non-hydrogen) atoms. The van der Waals surface area contributed by atoms with E-state index in [0.717, 1.165) is 27.0 Å². The minimum atomic E-state index is -0.256. The first kappa shape index (κ1) is 17.3. The van der Waals surface area contributed by atoms with Crippen molar-refractivity contribution in [1.29, 1.82) is 0 Å². The molecule has 1 amide bonds. The third-order valence-corrected chi connectivity index (χ3v) is 4.93. The van der Waals surface area contributed by atoms with E-state index in [1.807, 2.05) is 37.3 Å². The summed E-state index contributed by atoms with van der Waals surface area (Å²) in [7, 11) is 0. The van der Waals surface area contributed by atoms with Crippen LogP contribution in [-0.4, -0.2) is 30.8 Å². The zero-order valence-electron chi connectivity index (χ0n) is 14.2. The minimum Gasteiger partial charge on any atom is -0.332 e. The number of aryl methyl sites for hydroxylation is 1. The lowest BCUT2D eigenvalue weighted by molar-refractivity contribution is 0.0977. The summed E-state index contributed by atoms with van der Waals surface area (Å²) in [5.74, 6) is 0.486. The van der Waals surface area contributed by atoms with E-state index in [0.29, 0.717) is 5.56 Å². The summed E-state index contributed by atoms with van der Waals surface area (Å²) in [5.41, 5.74) is 2.23. The number of thiocarbonyl (C=S) groups is 1. The number of hydrogen-bond donors (Lipinski definition) is 2. The van der Waals surface area contributed by atoms with E-state index in [1.54, 1.807) is 28.8 Å². The number of nitrogens with one attached hydrogen (secondary N) is 2. The summed E-state index contributed by atoms with van der Waals surface area (Å²) in [6, 6.07) is 16.6. The number of carbonyl (C=O) groups is 1. The number of anilines is 1. The molecule has 2 N–H and O–H groups in total. The standard InChI is InChI=1S/C18H14N6OS2/c1-11-21-22-18-24(11)23-16(27-18)13-8-5-9-14(10-13)19-17(26)20-15(25)12-6-3-2-4-7-12/h2-10H,1H3,(H2,19,20,25,26). The summed E-state index contributed by atoms with van der Waals surface area (Å²) in [5, 5.41) is 19.4. The molecule has 0 spiro atoms. The number of hydrogen-bond acceptors (Lipinski definition) is 6. The molecule has 0 saturated carbocycles. The second-order valence-electron chi connectivity index (χ2n) is 5.70. The highest BCUT2D eigenvalue weighted by atomic mass is 32.1. The maximum absolute atomic E-state index is 12.2. The predicted octanol–water partition coefficient (Wildman–Crippen LogP) is 3.29. The van der Waals surface area contributed by atoms with Gasteiger partial charge in [0, 0.05) is 16.8 Å². The molecule has 0 atom stereocenters. The lowest BCUT2D eigenvalue weighted by Crippen LogP contribution is -2.34. The molecule has 2 aromatic heterocycles. The average Bonchev–Trinajstić information content (AvgIpc) is 3.25. The fourth-order valence-electron chi connectivity index (χ4n) is 2.49. The molecule has 0 bridgehead atoms. The van der Waals surface area contributed by atoms with Gasteiger partial charge in [0.1, 0.15) is 5.01 Å². The van der Waals surface area contributed by atoms with Gasteiger partial charge in [-0.1, -0.05) is 41.7 Å². The zero-order valence-corrected chi connectivity index (χ0v) is 15.8. The molecule has 4 rings (SSSR count). The molecule has 7 nitrogen and oxygen atoms in total. The highest BCUT2D eigenvalue weighted by molar-refractivity contribution is 7.80. The van der Waals surface area contributed by atoms with Gasteiger partial charge in [0.2, 0.25) is 4.96 Å². The molecule has 134 valence electrons. The van der Waals surface area contributed by atoms with Crippen molar-refractivity contribution in [2.45, 2.75) is 6.92 Å². The molecule has 9 heteroatoms. The van der Waals surface area contributed by atoms with Crippen molar-refractivity contribution in [1.82, 2.24) is 25.1 Å². The SMILES string of the molecule is Cc1nnc2sc(-c3cccc(NC(=S)NC(=O)c4ccccc4)c3)nn12. The van der Waals surface area contributed by atoms with Crippen LogP contribution in [0.3, 0.4) is 0 Å². The van der Waals surface area contributed by atoms with Crippen LogP contribution in [0.2, 0.25) is 0 Å². The van der Waals surface area contributed by atoms with Crippen molar-refractivity contribution in [3.05, 3.63) is 66.0 Å². The van der Waals surface area contributed by atoms with Gasteiger partial charge in [0.25, 0.3) is 5.91 Å². The van der Waals surface area contributed by atoms with E-state index in [2.05, 4.69) is 25.9 Å². The summed E-state index contributed by atoms with van der Waals surface area (Å²) < 4.78 is 1.71. The van der Waals surface area contributed by atoms with Gasteiger partial charge >= 0.3 is 0 Å². The van der Waals surface area contributed by atoms with Crippen molar-refractivity contribution >= 4 is 45.2 Å². The molecule has 0 aliphatic rings. The second kappa shape index (κ2) is 7.22. The van der Waals surface area contributed by atoms with Gasteiger partial charge in [-0.2, -0.15) is 9.61 Å². The van der Waals surface area contributed by atoms with Gasteiger partial charge in [-0.25, -0.2) is 0 Å². The second-order valence-corrected chi connectivity index (χ2v) is 7.07. The van der Waals surface area contributed by atoms with Gasteiger partial charge in [-0.3, -0.25) is 10.1 Å². The molecule has 0 saturated heterocycles. The van der Waals surface area contributed by atoms with Crippen molar-refractivity contribution in [3.63, 3.8) is 0 Å². The minimum absolute atomic E-state index is 0.231. The Bertz CT molecular complexity index is 1140. The first-order valence-electron chi connectivity index (χ1n) is 8.07. The highest BCUT2D eigenvalue weighted by Gasteiger charge is 2.12. The van der Waals surface area contributed by atoms with E-state index in [1.165, 1.54) is 11.3 Å². The van der Waals surface area contributed by atoms with Crippen molar-refractivity contribution in [2.75, 3.05) is 5.32 Å². The fraction of sp³-hybridized carbons (Fsp3) is 0.0556. The van der Waals surface area contributed by atoms with Gasteiger partial charge in [-0.15, -0.1) is 10.2 Å². The topological polar surface area (TPSA) is 84.2 Å². The summed E-state index contributed by atoms with van der Waals surface area (Å²) in [6.45, 7) is 1.86. The van der Waals surface area contributed by atoms with E-state index >= 15 is 0 Å². The molecule has 0 radical (unpaired) electrons. The van der Waals surface area contributed by atoms with E-state index in [-0.39, 0.29) is 11.0 Å². The lowest BCUT2D eigenvalue weighted by Gasteiger charge is -2.10. The molecule has 0 aliphatic carbocycles. The van der Waals surface area contributed by atoms with Crippen LogP contribution in [0.1, 0.15) is 16.2 Å². The molecule has 0 aliphatic heterocycles. The van der Waals surface area contributed by atoms with Crippen LogP contribution in [0.4, 0.5) is 5.69 Å². The first-order chi connectivity index (χ1) is 13.1. The Hall–Kier alpha value is -3.17. The van der Waals surface area contributed by atoms with Crippen LogP contribution >= 0.6 is 23.6 Å². The van der Waals surface area contributed by atoms with Crippen molar-refractivity contribution in [2.24, 2.45) is 0 Å². The normalized spacial score (nSPS) is 10.7. The third kappa shape index (κ3) is 3.69. The smallest absolute Gasteiger partial charge is 0.257 e. The maximum atomic E-state index is 12.2. The number of benzene rings is 2. The van der Waals surface area contributed by atoms with E-state index < -0.39 is 0 Å². The summed E-state index contributed by atoms with van der Waals surface area (Å²) >= 11 is 6.70. The number of rotatable bonds is 3. The average molecular weight is 394 g/mol. The molecular formula is C18H14N6OS2. The Balaban J connectivity index is 1.49. The van der Waals surface area contributed by atoms with Crippen molar-refractivity contribution in [3.8, 4) is 10.6 Å². The van der Waals surface area contributed by atoms with Crippen LogP contribution in [0.15, 0.2) is 54.6 Å². The van der Waals surface area contributed by atoms with Crippen LogP contribution < -0.4 is 10.6 Å². The Morgan fingerprint density at radius 2 is 1.93 bits per heavy atom. The largest absolute Gasteiger partial charge is 0.332 e. The Kier molecular flexibility index (Phi) is 4.61. The molecule has 2 heterocycles. The van der Waals surface area contributed by atoms with Gasteiger partial charge < -0.3 is 5.32 Å². The monoisotopic (exact) mass is 394 g/mol. The molecule has 0 fully saturated rings. The van der Waals surface area contributed by atoms with Crippen LogP contribution in [0.25, 0.3) is 15.5 Å². The molecule has 0 unspecified atom stereocenters. The number of aromatic nitrogens is 4. The van der Waals surface area contributed by atoms with Crippen LogP contribution in [-0.2, 0) is 0 Å². The first-order valence-corrected chi connectivity index (χ1v) is 9.29. The molecular weight excluding hydrogens is 380 g/mol. The summed E-state index contributed by atoms with van der Waals surface area (Å²) in [4.78, 5) is 12.9. The quantitative estimate of drug-likeness (QED) is 0.519. The Morgan fingerprint density at radius 1 is 1.11 bits per heavy atom. The predicted molar refractivity (Wildman–Crippen MR) is 109 cm³/mol. The van der Waals surface area contributed by atoms with Crippen LogP contribution in [0.5, 0.6) is 0 Å². The fourth-order valence-corrected chi connectivity index (χ4v) is 3.58. The zero-order chi connectivity index (χ0) is 18.8. The molecule has 2 aromatic carbocycles.